The van der Waals surface area contributed by atoms with E-state index in [-0.39, 0.29) is 29.4 Å². The van der Waals surface area contributed by atoms with Crippen molar-refractivity contribution in [3.05, 3.63) is 46.8 Å². The van der Waals surface area contributed by atoms with Gasteiger partial charge in [-0.3, -0.25) is 4.79 Å². The highest BCUT2D eigenvalue weighted by atomic mass is 32.2. The number of carbonyl (C=O) groups excluding carboxylic acids is 1. The number of benzene rings is 2. The predicted octanol–water partition coefficient (Wildman–Crippen LogP) is 3.73. The van der Waals surface area contributed by atoms with Crippen LogP contribution in [0.25, 0.3) is 10.2 Å². The number of ether oxygens (including phenoxy) is 2. The molecular formula is C22H26N2O5S2. The molecule has 3 aromatic rings. The number of hydrogen-bond donors (Lipinski definition) is 0. The Bertz CT molecular complexity index is 1260. The molecule has 9 heteroatoms. The number of nitrogens with zero attached hydrogens (tertiary/aromatic N) is 2. The van der Waals surface area contributed by atoms with E-state index in [0.29, 0.717) is 22.8 Å². The van der Waals surface area contributed by atoms with Crippen LogP contribution in [0.5, 0.6) is 11.5 Å². The minimum absolute atomic E-state index is 0.0652. The van der Waals surface area contributed by atoms with Crippen LogP contribution in [0.4, 0.5) is 0 Å². The Morgan fingerprint density at radius 3 is 2.35 bits per heavy atom. The first-order valence-corrected chi connectivity index (χ1v) is 12.4. The van der Waals surface area contributed by atoms with Crippen molar-refractivity contribution < 1.29 is 22.7 Å². The lowest BCUT2D eigenvalue weighted by molar-refractivity contribution is -0.118. The second-order valence-electron chi connectivity index (χ2n) is 7.04. The van der Waals surface area contributed by atoms with Gasteiger partial charge in [-0.1, -0.05) is 29.0 Å². The van der Waals surface area contributed by atoms with Crippen LogP contribution in [0.1, 0.15) is 25.3 Å². The summed E-state index contributed by atoms with van der Waals surface area (Å²) in [5.41, 5.74) is 1.90. The van der Waals surface area contributed by atoms with Crippen LogP contribution in [-0.2, 0) is 21.2 Å². The maximum atomic E-state index is 12.5. The monoisotopic (exact) mass is 462 g/mol. The Morgan fingerprint density at radius 1 is 1.10 bits per heavy atom. The maximum Gasteiger partial charge on any atom is 0.248 e. The van der Waals surface area contributed by atoms with E-state index >= 15 is 0 Å². The predicted molar refractivity (Wildman–Crippen MR) is 122 cm³/mol. The minimum atomic E-state index is -3.42. The van der Waals surface area contributed by atoms with Crippen LogP contribution < -0.4 is 14.3 Å². The van der Waals surface area contributed by atoms with Gasteiger partial charge >= 0.3 is 0 Å². The first-order valence-electron chi connectivity index (χ1n) is 9.91. The summed E-state index contributed by atoms with van der Waals surface area (Å²) in [6.07, 6.45) is 0.285. The Hall–Kier alpha value is -2.65. The number of sulfone groups is 1. The quantitative estimate of drug-likeness (QED) is 0.509. The SMILES string of the molecule is CCn1c(=NC(=O)CCCS(=O)(=O)c2ccc(C)cc2)sc2cc(OC)c(OC)cc21. The zero-order valence-electron chi connectivity index (χ0n) is 18.0. The van der Waals surface area contributed by atoms with Crippen LogP contribution >= 0.6 is 11.3 Å². The molecule has 166 valence electrons. The van der Waals surface area contributed by atoms with Crippen molar-refractivity contribution in [2.24, 2.45) is 4.99 Å². The molecule has 0 spiro atoms. The number of amides is 1. The van der Waals surface area contributed by atoms with E-state index in [4.69, 9.17) is 9.47 Å². The highest BCUT2D eigenvalue weighted by Crippen LogP contribution is 2.33. The van der Waals surface area contributed by atoms with E-state index in [1.807, 2.05) is 30.5 Å². The fraction of sp³-hybridized carbons (Fsp3) is 0.364. The largest absolute Gasteiger partial charge is 0.493 e. The number of fused-ring (bicyclic) bond motifs is 1. The van der Waals surface area contributed by atoms with Gasteiger partial charge < -0.3 is 14.0 Å². The summed E-state index contributed by atoms with van der Waals surface area (Å²) < 4.78 is 38.5. The van der Waals surface area contributed by atoms with Gasteiger partial charge in [-0.15, -0.1) is 0 Å². The van der Waals surface area contributed by atoms with E-state index in [9.17, 15) is 13.2 Å². The highest BCUT2D eigenvalue weighted by Gasteiger charge is 2.16. The summed E-state index contributed by atoms with van der Waals surface area (Å²) >= 11 is 1.38. The van der Waals surface area contributed by atoms with E-state index in [1.165, 1.54) is 11.3 Å². The van der Waals surface area contributed by atoms with Gasteiger partial charge in [0.05, 0.1) is 35.1 Å². The topological polar surface area (TPSA) is 87.0 Å². The van der Waals surface area contributed by atoms with Crippen LogP contribution in [0.3, 0.4) is 0 Å². The fourth-order valence-corrected chi connectivity index (χ4v) is 5.66. The highest BCUT2D eigenvalue weighted by molar-refractivity contribution is 7.91. The van der Waals surface area contributed by atoms with Crippen LogP contribution in [0, 0.1) is 6.92 Å². The molecule has 0 bridgehead atoms. The molecule has 3 rings (SSSR count). The minimum Gasteiger partial charge on any atom is -0.493 e. The average molecular weight is 463 g/mol. The average Bonchev–Trinajstić information content (AvgIpc) is 3.08. The zero-order valence-corrected chi connectivity index (χ0v) is 19.7. The molecule has 0 atom stereocenters. The van der Waals surface area contributed by atoms with Crippen LogP contribution in [0.2, 0.25) is 0 Å². The number of aryl methyl sites for hydroxylation is 2. The van der Waals surface area contributed by atoms with Crippen molar-refractivity contribution in [3.8, 4) is 11.5 Å². The van der Waals surface area contributed by atoms with Gasteiger partial charge in [0.25, 0.3) is 0 Å². The number of methoxy groups -OCH3 is 2. The standard InChI is InChI=1S/C22H26N2O5S2/c1-5-24-17-13-18(28-3)19(29-4)14-20(17)30-22(24)23-21(25)7-6-12-31(26,27)16-10-8-15(2)9-11-16/h8-11,13-14H,5-7,12H2,1-4H3. The molecule has 1 amide bonds. The summed E-state index contributed by atoms with van der Waals surface area (Å²) in [4.78, 5) is 17.5. The molecule has 0 aliphatic heterocycles. The van der Waals surface area contributed by atoms with Crippen molar-refractivity contribution in [2.45, 2.75) is 38.1 Å². The van der Waals surface area contributed by atoms with Gasteiger partial charge in [-0.2, -0.15) is 4.99 Å². The number of rotatable bonds is 8. The van der Waals surface area contributed by atoms with Gasteiger partial charge in [0.2, 0.25) is 5.91 Å². The lowest BCUT2D eigenvalue weighted by Crippen LogP contribution is -2.16. The first-order chi connectivity index (χ1) is 14.8. The number of thiazole rings is 1. The van der Waals surface area contributed by atoms with Crippen LogP contribution in [-0.4, -0.2) is 38.9 Å². The lowest BCUT2D eigenvalue weighted by Gasteiger charge is -2.08. The molecule has 2 aromatic carbocycles. The molecular weight excluding hydrogens is 436 g/mol. The molecule has 0 saturated heterocycles. The summed E-state index contributed by atoms with van der Waals surface area (Å²) in [7, 11) is -0.269. The van der Waals surface area contributed by atoms with E-state index in [0.717, 1.165) is 15.8 Å². The lowest BCUT2D eigenvalue weighted by atomic mass is 10.2. The van der Waals surface area contributed by atoms with E-state index in [2.05, 4.69) is 4.99 Å². The molecule has 7 nitrogen and oxygen atoms in total. The van der Waals surface area contributed by atoms with Gasteiger partial charge in [0.15, 0.2) is 26.1 Å². The maximum absolute atomic E-state index is 12.5. The van der Waals surface area contributed by atoms with Crippen molar-refractivity contribution in [1.82, 2.24) is 4.57 Å². The molecule has 0 saturated carbocycles. The first kappa shape index (κ1) is 23.0. The Balaban J connectivity index is 1.78. The van der Waals surface area contributed by atoms with E-state index < -0.39 is 9.84 Å². The molecule has 31 heavy (non-hydrogen) atoms. The number of aromatic nitrogens is 1. The van der Waals surface area contributed by atoms with Gasteiger partial charge in [0, 0.05) is 25.1 Å². The van der Waals surface area contributed by atoms with Gasteiger partial charge in [0.1, 0.15) is 0 Å². The van der Waals surface area contributed by atoms with Crippen LogP contribution in [0.15, 0.2) is 46.3 Å². The molecule has 0 unspecified atom stereocenters. The van der Waals surface area contributed by atoms with Crippen molar-refractivity contribution in [1.29, 1.82) is 0 Å². The van der Waals surface area contributed by atoms with Gasteiger partial charge in [-0.05, 0) is 32.4 Å². The second-order valence-corrected chi connectivity index (χ2v) is 10.2. The normalized spacial score (nSPS) is 12.3. The van der Waals surface area contributed by atoms with E-state index in [1.54, 1.807) is 38.5 Å². The number of carbonyl (C=O) groups is 1. The Kier molecular flexibility index (Phi) is 7.17. The third kappa shape index (κ3) is 5.16. The smallest absolute Gasteiger partial charge is 0.248 e. The van der Waals surface area contributed by atoms with Crippen molar-refractivity contribution >= 4 is 37.3 Å². The third-order valence-corrected chi connectivity index (χ3v) is 7.77. The summed E-state index contributed by atoms with van der Waals surface area (Å²) in [5, 5.41) is 0. The molecule has 0 fully saturated rings. The molecule has 0 aliphatic carbocycles. The summed E-state index contributed by atoms with van der Waals surface area (Å²) in [6.45, 7) is 4.50. The number of hydrogen-bond acceptors (Lipinski definition) is 6. The van der Waals surface area contributed by atoms with Gasteiger partial charge in [-0.25, -0.2) is 8.42 Å². The molecule has 0 aliphatic rings. The third-order valence-electron chi connectivity index (χ3n) is 4.91. The Labute approximate surface area is 185 Å². The summed E-state index contributed by atoms with van der Waals surface area (Å²) in [5.74, 6) is 0.783. The molecule has 0 N–H and O–H groups in total. The zero-order chi connectivity index (χ0) is 22.6. The Morgan fingerprint density at radius 2 is 1.74 bits per heavy atom. The molecule has 1 aromatic heterocycles. The van der Waals surface area contributed by atoms with Crippen molar-refractivity contribution in [3.63, 3.8) is 0 Å². The second kappa shape index (κ2) is 9.65. The van der Waals surface area contributed by atoms with Crippen molar-refractivity contribution in [2.75, 3.05) is 20.0 Å². The molecule has 1 heterocycles. The molecule has 0 radical (unpaired) electrons. The summed E-state index contributed by atoms with van der Waals surface area (Å²) in [6, 6.07) is 10.5. The fourth-order valence-electron chi connectivity index (χ4n) is 3.23.